The highest BCUT2D eigenvalue weighted by molar-refractivity contribution is 5.55. The summed E-state index contributed by atoms with van der Waals surface area (Å²) in [6.07, 6.45) is 8.84. The minimum atomic E-state index is 0.00301. The van der Waals surface area contributed by atoms with Crippen molar-refractivity contribution >= 4 is 0 Å². The van der Waals surface area contributed by atoms with Crippen molar-refractivity contribution in [3.8, 4) is 11.4 Å². The van der Waals surface area contributed by atoms with Gasteiger partial charge in [-0.3, -0.25) is 4.79 Å². The fraction of sp³-hybridized carbons (Fsp3) is 0.200. The van der Waals surface area contributed by atoms with Gasteiger partial charge in [-0.05, 0) is 19.1 Å². The first kappa shape index (κ1) is 13.2. The summed E-state index contributed by atoms with van der Waals surface area (Å²) in [7, 11) is 1.74. The van der Waals surface area contributed by atoms with Gasteiger partial charge in [-0.2, -0.15) is 0 Å². The molecule has 6 heteroatoms. The molecule has 0 amide bonds. The van der Waals surface area contributed by atoms with Crippen LogP contribution in [0.1, 0.15) is 11.4 Å². The summed E-state index contributed by atoms with van der Waals surface area (Å²) in [5.74, 6) is 1.51. The molecule has 3 rings (SSSR count). The third-order valence-electron chi connectivity index (χ3n) is 3.27. The number of pyridine rings is 1. The molecule has 3 heterocycles. The number of aromatic nitrogens is 5. The third-order valence-corrected chi connectivity index (χ3v) is 3.27. The average Bonchev–Trinajstić information content (AvgIpc) is 2.93. The van der Waals surface area contributed by atoms with E-state index in [1.54, 1.807) is 49.4 Å². The van der Waals surface area contributed by atoms with E-state index in [1.165, 1.54) is 0 Å². The van der Waals surface area contributed by atoms with Crippen LogP contribution in [0, 0.1) is 6.92 Å². The monoisotopic (exact) mass is 281 g/mol. The van der Waals surface area contributed by atoms with Crippen molar-refractivity contribution in [2.45, 2.75) is 13.5 Å². The van der Waals surface area contributed by atoms with Gasteiger partial charge >= 0.3 is 0 Å². The quantitative estimate of drug-likeness (QED) is 0.728. The second kappa shape index (κ2) is 5.32. The molecule has 0 saturated heterocycles. The van der Waals surface area contributed by atoms with Gasteiger partial charge in [0.25, 0.3) is 5.56 Å². The molecule has 0 aliphatic carbocycles. The Kier molecular flexibility index (Phi) is 3.35. The summed E-state index contributed by atoms with van der Waals surface area (Å²) in [4.78, 5) is 24.6. The van der Waals surface area contributed by atoms with Crippen LogP contribution in [0.5, 0.6) is 0 Å². The van der Waals surface area contributed by atoms with E-state index in [1.807, 2.05) is 16.8 Å². The first-order valence-corrected chi connectivity index (χ1v) is 6.60. The van der Waals surface area contributed by atoms with Crippen LogP contribution in [-0.4, -0.2) is 24.1 Å². The van der Waals surface area contributed by atoms with Crippen LogP contribution in [0.2, 0.25) is 0 Å². The Labute approximate surface area is 121 Å². The van der Waals surface area contributed by atoms with Gasteiger partial charge in [0.15, 0.2) is 0 Å². The van der Waals surface area contributed by atoms with Crippen LogP contribution in [0.25, 0.3) is 11.4 Å². The molecule has 0 aromatic carbocycles. The van der Waals surface area contributed by atoms with Gasteiger partial charge in [-0.1, -0.05) is 0 Å². The molecule has 0 radical (unpaired) electrons. The van der Waals surface area contributed by atoms with Crippen LogP contribution < -0.4 is 5.56 Å². The highest BCUT2D eigenvalue weighted by Gasteiger charge is 2.10. The molecule has 0 N–H and O–H groups in total. The summed E-state index contributed by atoms with van der Waals surface area (Å²) in [5, 5.41) is 0. The lowest BCUT2D eigenvalue weighted by Crippen LogP contribution is -2.19. The predicted molar refractivity (Wildman–Crippen MR) is 78.8 cm³/mol. The largest absolute Gasteiger partial charge is 0.323 e. The number of hydrogen-bond donors (Lipinski definition) is 0. The van der Waals surface area contributed by atoms with E-state index in [9.17, 15) is 4.79 Å². The molecule has 21 heavy (non-hydrogen) atoms. The maximum absolute atomic E-state index is 11.8. The van der Waals surface area contributed by atoms with Crippen LogP contribution in [0.15, 0.2) is 47.9 Å². The van der Waals surface area contributed by atoms with Crippen molar-refractivity contribution in [3.05, 3.63) is 64.9 Å². The molecule has 0 fully saturated rings. The maximum atomic E-state index is 11.8. The first-order chi connectivity index (χ1) is 10.1. The zero-order chi connectivity index (χ0) is 14.8. The Morgan fingerprint density at radius 1 is 1.14 bits per heavy atom. The van der Waals surface area contributed by atoms with E-state index >= 15 is 0 Å². The van der Waals surface area contributed by atoms with Gasteiger partial charge in [-0.15, -0.1) is 0 Å². The topological polar surface area (TPSA) is 65.6 Å². The molecule has 0 saturated carbocycles. The maximum Gasteiger partial charge on any atom is 0.253 e. The lowest BCUT2D eigenvalue weighted by molar-refractivity contribution is 0.747. The predicted octanol–water partition coefficient (Wildman–Crippen LogP) is 1.40. The zero-order valence-electron chi connectivity index (χ0n) is 11.9. The van der Waals surface area contributed by atoms with Gasteiger partial charge in [0.1, 0.15) is 11.6 Å². The summed E-state index contributed by atoms with van der Waals surface area (Å²) < 4.78 is 3.54. The number of imidazole rings is 1. The normalized spacial score (nSPS) is 10.8. The molecule has 0 atom stereocenters. The molecule has 3 aromatic heterocycles. The summed E-state index contributed by atoms with van der Waals surface area (Å²) in [6, 6.07) is 3.64. The molecule has 106 valence electrons. The number of rotatable bonds is 3. The fourth-order valence-electron chi connectivity index (χ4n) is 2.26. The Hall–Kier alpha value is -2.76. The van der Waals surface area contributed by atoms with Gasteiger partial charge in [0.2, 0.25) is 0 Å². The number of hydrogen-bond acceptors (Lipinski definition) is 4. The molecular weight excluding hydrogens is 266 g/mol. The highest BCUT2D eigenvalue weighted by atomic mass is 16.1. The lowest BCUT2D eigenvalue weighted by Gasteiger charge is -2.09. The second-order valence-corrected chi connectivity index (χ2v) is 4.87. The standard InChI is InChI=1S/C15H15N5O/c1-11-8-12(9-19(2)15(11)21)14-18-6-7-20(14)10-13-16-4-3-5-17-13/h3-9H,10H2,1-2H3. The second-order valence-electron chi connectivity index (χ2n) is 4.87. The van der Waals surface area contributed by atoms with E-state index in [0.717, 1.165) is 17.2 Å². The van der Waals surface area contributed by atoms with Gasteiger partial charge in [0, 0.05) is 49.2 Å². The molecule has 0 spiro atoms. The first-order valence-electron chi connectivity index (χ1n) is 6.60. The van der Waals surface area contributed by atoms with Crippen molar-refractivity contribution in [3.63, 3.8) is 0 Å². The summed E-state index contributed by atoms with van der Waals surface area (Å²) in [6.45, 7) is 2.34. The van der Waals surface area contributed by atoms with Crippen LogP contribution in [-0.2, 0) is 13.6 Å². The SMILES string of the molecule is Cc1cc(-c2nccn2Cc2ncccn2)cn(C)c1=O. The van der Waals surface area contributed by atoms with Crippen molar-refractivity contribution in [1.29, 1.82) is 0 Å². The molecule has 0 unspecified atom stereocenters. The Bertz CT molecular complexity index is 793. The van der Waals surface area contributed by atoms with E-state index in [2.05, 4.69) is 15.0 Å². The fourth-order valence-corrected chi connectivity index (χ4v) is 2.26. The molecule has 0 bridgehead atoms. The van der Waals surface area contributed by atoms with Crippen molar-refractivity contribution < 1.29 is 0 Å². The van der Waals surface area contributed by atoms with E-state index < -0.39 is 0 Å². The molecule has 6 nitrogen and oxygen atoms in total. The van der Waals surface area contributed by atoms with Gasteiger partial charge in [-0.25, -0.2) is 15.0 Å². The Morgan fingerprint density at radius 2 is 1.90 bits per heavy atom. The number of aryl methyl sites for hydroxylation is 2. The van der Waals surface area contributed by atoms with Gasteiger partial charge in [0.05, 0.1) is 6.54 Å². The molecule has 3 aromatic rings. The zero-order valence-corrected chi connectivity index (χ0v) is 11.9. The van der Waals surface area contributed by atoms with Crippen LogP contribution in [0.3, 0.4) is 0 Å². The van der Waals surface area contributed by atoms with Gasteiger partial charge < -0.3 is 9.13 Å². The smallest absolute Gasteiger partial charge is 0.253 e. The highest BCUT2D eigenvalue weighted by Crippen LogP contribution is 2.17. The number of nitrogens with zero attached hydrogens (tertiary/aromatic N) is 5. The summed E-state index contributed by atoms with van der Waals surface area (Å²) >= 11 is 0. The molecular formula is C15H15N5O. The Morgan fingerprint density at radius 3 is 2.62 bits per heavy atom. The Balaban J connectivity index is 2.01. The van der Waals surface area contributed by atoms with Crippen molar-refractivity contribution in [2.24, 2.45) is 7.05 Å². The van der Waals surface area contributed by atoms with Crippen molar-refractivity contribution in [2.75, 3.05) is 0 Å². The van der Waals surface area contributed by atoms with Crippen molar-refractivity contribution in [1.82, 2.24) is 24.1 Å². The van der Waals surface area contributed by atoms with E-state index in [-0.39, 0.29) is 5.56 Å². The minimum Gasteiger partial charge on any atom is -0.323 e. The molecule has 0 aliphatic rings. The summed E-state index contributed by atoms with van der Waals surface area (Å²) in [5.41, 5.74) is 1.60. The molecule has 0 aliphatic heterocycles. The average molecular weight is 281 g/mol. The van der Waals surface area contributed by atoms with E-state index in [4.69, 9.17) is 0 Å². The van der Waals surface area contributed by atoms with E-state index in [0.29, 0.717) is 12.1 Å². The van der Waals surface area contributed by atoms with Crippen LogP contribution in [0.4, 0.5) is 0 Å². The third kappa shape index (κ3) is 2.60. The minimum absolute atomic E-state index is 0.00301. The van der Waals surface area contributed by atoms with Crippen LogP contribution >= 0.6 is 0 Å². The lowest BCUT2D eigenvalue weighted by atomic mass is 10.2.